The number of Topliss-reactive ketones (excluding diaryl/α,β-unsaturated/α-hetero) is 1. The van der Waals surface area contributed by atoms with Crippen LogP contribution in [0.4, 0.5) is 0 Å². The van der Waals surface area contributed by atoms with Crippen LogP contribution in [0.25, 0.3) is 0 Å². The highest BCUT2D eigenvalue weighted by Gasteiger charge is 2.46. The fourth-order valence-corrected chi connectivity index (χ4v) is 4.18. The zero-order valence-corrected chi connectivity index (χ0v) is 12.1. The van der Waals surface area contributed by atoms with Gasteiger partial charge >= 0.3 is 0 Å². The number of allylic oxidation sites excluding steroid dienone is 6. The van der Waals surface area contributed by atoms with Crippen molar-refractivity contribution in [3.05, 3.63) is 47.1 Å². The summed E-state index contributed by atoms with van der Waals surface area (Å²) in [6.07, 6.45) is 8.98. The van der Waals surface area contributed by atoms with Gasteiger partial charge in [0, 0.05) is 16.2 Å². The van der Waals surface area contributed by atoms with E-state index >= 15 is 0 Å². The number of fused-ring (bicyclic) bond motifs is 3. The number of rotatable bonds is 0. The van der Waals surface area contributed by atoms with Crippen molar-refractivity contribution in [1.82, 2.24) is 0 Å². The molecule has 3 rings (SSSR count). The normalized spacial score (nSPS) is 32.1. The Morgan fingerprint density at radius 3 is 2.58 bits per heavy atom. The van der Waals surface area contributed by atoms with E-state index in [9.17, 15) is 9.59 Å². The van der Waals surface area contributed by atoms with Gasteiger partial charge in [-0.1, -0.05) is 39.0 Å². The summed E-state index contributed by atoms with van der Waals surface area (Å²) < 4.78 is 0. The highest BCUT2D eigenvalue weighted by atomic mass is 32.2. The van der Waals surface area contributed by atoms with Crippen LogP contribution in [0.3, 0.4) is 0 Å². The van der Waals surface area contributed by atoms with E-state index in [0.29, 0.717) is 0 Å². The van der Waals surface area contributed by atoms with E-state index < -0.39 is 0 Å². The number of carbonyl (C=O) groups is 2. The van der Waals surface area contributed by atoms with E-state index in [2.05, 4.69) is 6.92 Å². The van der Waals surface area contributed by atoms with E-state index in [0.717, 1.165) is 16.7 Å². The zero-order chi connectivity index (χ0) is 13.8. The van der Waals surface area contributed by atoms with E-state index in [-0.39, 0.29) is 27.5 Å². The summed E-state index contributed by atoms with van der Waals surface area (Å²) in [6.45, 7) is 6.10. The summed E-state index contributed by atoms with van der Waals surface area (Å²) in [5.74, 6) is 0.223. The number of carbonyl (C=O) groups excluding carboxylic acids is 2. The van der Waals surface area contributed by atoms with Gasteiger partial charge in [-0.15, -0.1) is 11.8 Å². The lowest BCUT2D eigenvalue weighted by Gasteiger charge is -2.42. The molecule has 0 amide bonds. The molecule has 1 aliphatic heterocycles. The molecular weight excluding hydrogens is 256 g/mol. The van der Waals surface area contributed by atoms with E-state index in [1.807, 2.05) is 32.1 Å². The summed E-state index contributed by atoms with van der Waals surface area (Å²) in [4.78, 5) is 24.2. The summed E-state index contributed by atoms with van der Waals surface area (Å²) in [5.41, 5.74) is 2.55. The van der Waals surface area contributed by atoms with Gasteiger partial charge in [0.1, 0.15) is 0 Å². The molecule has 0 radical (unpaired) electrons. The van der Waals surface area contributed by atoms with Crippen molar-refractivity contribution in [2.24, 2.45) is 5.41 Å². The molecule has 0 bridgehead atoms. The highest BCUT2D eigenvalue weighted by Crippen LogP contribution is 2.49. The van der Waals surface area contributed by atoms with Gasteiger partial charge in [-0.3, -0.25) is 9.59 Å². The van der Waals surface area contributed by atoms with Gasteiger partial charge in [0.05, 0.1) is 5.25 Å². The van der Waals surface area contributed by atoms with E-state index in [1.165, 1.54) is 0 Å². The molecule has 0 aromatic heterocycles. The molecule has 2 atom stereocenters. The predicted molar refractivity (Wildman–Crippen MR) is 78.0 cm³/mol. The molecule has 0 spiro atoms. The first-order chi connectivity index (χ1) is 8.91. The minimum absolute atomic E-state index is 0.0129. The lowest BCUT2D eigenvalue weighted by atomic mass is 9.76. The van der Waals surface area contributed by atoms with Gasteiger partial charge in [0.2, 0.25) is 0 Å². The molecule has 98 valence electrons. The molecule has 3 heteroatoms. The molecule has 2 unspecified atom stereocenters. The standard InChI is InChI=1S/C16H16O2S/c1-9-16(2,3)15(18)12-7-5-10-4-6-11(17)8-13(10)14(12)19-9/h4-9,14H,1-3H3. The minimum Gasteiger partial charge on any atom is -0.294 e. The molecule has 19 heavy (non-hydrogen) atoms. The quantitative estimate of drug-likeness (QED) is 0.680. The van der Waals surface area contributed by atoms with Gasteiger partial charge in [-0.25, -0.2) is 0 Å². The van der Waals surface area contributed by atoms with Crippen molar-refractivity contribution in [2.45, 2.75) is 31.3 Å². The van der Waals surface area contributed by atoms with Crippen LogP contribution in [0.5, 0.6) is 0 Å². The largest absolute Gasteiger partial charge is 0.294 e. The Balaban J connectivity index is 2.10. The Hall–Kier alpha value is -1.35. The first kappa shape index (κ1) is 12.7. The average molecular weight is 272 g/mol. The van der Waals surface area contributed by atoms with E-state index in [1.54, 1.807) is 23.9 Å². The number of thioether (sulfide) groups is 1. The van der Waals surface area contributed by atoms with Crippen LogP contribution in [-0.4, -0.2) is 22.1 Å². The molecular formula is C16H16O2S. The van der Waals surface area contributed by atoms with Crippen LogP contribution in [0.2, 0.25) is 0 Å². The van der Waals surface area contributed by atoms with Crippen molar-refractivity contribution >= 4 is 23.3 Å². The Bertz CT molecular complexity index is 602. The monoisotopic (exact) mass is 272 g/mol. The van der Waals surface area contributed by atoms with Crippen molar-refractivity contribution in [3.63, 3.8) is 0 Å². The minimum atomic E-state index is -0.340. The molecule has 0 N–H and O–H groups in total. The second-order valence-corrected chi connectivity index (χ2v) is 7.24. The molecule has 3 aliphatic rings. The van der Waals surface area contributed by atoms with Gasteiger partial charge < -0.3 is 0 Å². The maximum Gasteiger partial charge on any atom is 0.179 e. The average Bonchev–Trinajstić information content (AvgIpc) is 2.37. The Labute approximate surface area is 117 Å². The van der Waals surface area contributed by atoms with Crippen LogP contribution in [-0.2, 0) is 9.59 Å². The Morgan fingerprint density at radius 2 is 1.84 bits per heavy atom. The van der Waals surface area contributed by atoms with Crippen LogP contribution >= 0.6 is 11.8 Å². The lowest BCUT2D eigenvalue weighted by molar-refractivity contribution is -0.123. The van der Waals surface area contributed by atoms with E-state index in [4.69, 9.17) is 0 Å². The summed E-state index contributed by atoms with van der Waals surface area (Å²) >= 11 is 1.78. The van der Waals surface area contributed by atoms with Gasteiger partial charge in [-0.05, 0) is 23.3 Å². The fraction of sp³-hybridized carbons (Fsp3) is 0.375. The maximum atomic E-state index is 12.6. The zero-order valence-electron chi connectivity index (χ0n) is 11.3. The fourth-order valence-electron chi connectivity index (χ4n) is 2.64. The summed E-state index contributed by atoms with van der Waals surface area (Å²) in [7, 11) is 0. The molecule has 2 aliphatic carbocycles. The number of ketones is 2. The van der Waals surface area contributed by atoms with Crippen LogP contribution in [0.15, 0.2) is 47.1 Å². The topological polar surface area (TPSA) is 34.1 Å². The summed E-state index contributed by atoms with van der Waals surface area (Å²) in [5, 5.41) is 0.257. The molecule has 0 aromatic rings. The SMILES string of the molecule is CC1SC2C(=CC=C3C=CC(=O)C=C32)C(=O)C1(C)C. The lowest BCUT2D eigenvalue weighted by Crippen LogP contribution is -2.44. The van der Waals surface area contributed by atoms with Crippen molar-refractivity contribution in [1.29, 1.82) is 0 Å². The third-order valence-electron chi connectivity index (χ3n) is 4.27. The van der Waals surface area contributed by atoms with Crippen LogP contribution in [0.1, 0.15) is 20.8 Å². The molecule has 0 aromatic carbocycles. The van der Waals surface area contributed by atoms with Crippen LogP contribution < -0.4 is 0 Å². The summed E-state index contributed by atoms with van der Waals surface area (Å²) in [6, 6.07) is 0. The molecule has 1 heterocycles. The third-order valence-corrected chi connectivity index (χ3v) is 6.05. The first-order valence-electron chi connectivity index (χ1n) is 6.47. The van der Waals surface area contributed by atoms with Gasteiger partial charge in [0.25, 0.3) is 0 Å². The van der Waals surface area contributed by atoms with Gasteiger partial charge in [0.15, 0.2) is 11.6 Å². The van der Waals surface area contributed by atoms with Crippen molar-refractivity contribution in [2.75, 3.05) is 0 Å². The Morgan fingerprint density at radius 1 is 1.11 bits per heavy atom. The molecule has 1 fully saturated rings. The molecule has 2 nitrogen and oxygen atoms in total. The number of hydrogen-bond donors (Lipinski definition) is 0. The van der Waals surface area contributed by atoms with Gasteiger partial charge in [-0.2, -0.15) is 0 Å². The second-order valence-electron chi connectivity index (χ2n) is 5.79. The second kappa shape index (κ2) is 4.07. The molecule has 1 saturated heterocycles. The highest BCUT2D eigenvalue weighted by molar-refractivity contribution is 8.01. The third kappa shape index (κ3) is 1.79. The number of hydrogen-bond acceptors (Lipinski definition) is 3. The maximum absolute atomic E-state index is 12.6. The van der Waals surface area contributed by atoms with Crippen molar-refractivity contribution < 1.29 is 9.59 Å². The smallest absolute Gasteiger partial charge is 0.179 e. The molecule has 0 saturated carbocycles. The van der Waals surface area contributed by atoms with Crippen LogP contribution in [0, 0.1) is 5.41 Å². The first-order valence-corrected chi connectivity index (χ1v) is 7.41. The van der Waals surface area contributed by atoms with Crippen molar-refractivity contribution in [3.8, 4) is 0 Å². The predicted octanol–water partition coefficient (Wildman–Crippen LogP) is 3.02. The Kier molecular flexibility index (Phi) is 2.72.